The summed E-state index contributed by atoms with van der Waals surface area (Å²) in [5, 5.41) is 0.574. The summed E-state index contributed by atoms with van der Waals surface area (Å²) in [4.78, 5) is 23.8. The molecule has 0 saturated carbocycles. The third-order valence-corrected chi connectivity index (χ3v) is 3.65. The van der Waals surface area contributed by atoms with Gasteiger partial charge in [-0.2, -0.15) is 0 Å². The molecule has 0 radical (unpaired) electrons. The summed E-state index contributed by atoms with van der Waals surface area (Å²) in [6, 6.07) is 12.1. The highest BCUT2D eigenvalue weighted by molar-refractivity contribution is 6.30. The highest BCUT2D eigenvalue weighted by Gasteiger charge is 2.18. The van der Waals surface area contributed by atoms with E-state index < -0.39 is 0 Å². The molecule has 0 aliphatic rings. The van der Waals surface area contributed by atoms with Crippen molar-refractivity contribution in [2.75, 3.05) is 0 Å². The molecule has 0 bridgehead atoms. The van der Waals surface area contributed by atoms with Gasteiger partial charge in [-0.15, -0.1) is 0 Å². The molecule has 0 unspecified atom stereocenters. The van der Waals surface area contributed by atoms with Gasteiger partial charge in [-0.1, -0.05) is 44.5 Å². The van der Waals surface area contributed by atoms with E-state index in [1.807, 2.05) is 6.07 Å². The van der Waals surface area contributed by atoms with E-state index in [0.29, 0.717) is 21.7 Å². The predicted molar refractivity (Wildman–Crippen MR) is 85.4 cm³/mol. The molecule has 0 atom stereocenters. The van der Waals surface area contributed by atoms with E-state index in [4.69, 9.17) is 11.6 Å². The third kappa shape index (κ3) is 3.40. The minimum absolute atomic E-state index is 0.0698. The zero-order valence-corrected chi connectivity index (χ0v) is 13.1. The van der Waals surface area contributed by atoms with Crippen molar-refractivity contribution < 1.29 is 9.59 Å². The maximum atomic E-state index is 12.5. The molecule has 21 heavy (non-hydrogen) atoms. The lowest BCUT2D eigenvalue weighted by Crippen LogP contribution is -2.13. The summed E-state index contributed by atoms with van der Waals surface area (Å²) >= 11 is 5.82. The Morgan fingerprint density at radius 3 is 2.19 bits per heavy atom. The first kappa shape index (κ1) is 15.5. The van der Waals surface area contributed by atoms with Gasteiger partial charge in [0.1, 0.15) is 0 Å². The second kappa shape index (κ2) is 5.82. The Kier molecular flexibility index (Phi) is 4.29. The average Bonchev–Trinajstić information content (AvgIpc) is 2.45. The molecule has 2 rings (SSSR count). The van der Waals surface area contributed by atoms with E-state index in [1.165, 1.54) is 0 Å². The van der Waals surface area contributed by atoms with E-state index >= 15 is 0 Å². The molecule has 2 aromatic rings. The first-order valence-corrected chi connectivity index (χ1v) is 7.10. The molecule has 0 heterocycles. The van der Waals surface area contributed by atoms with Crippen LogP contribution in [0.3, 0.4) is 0 Å². The van der Waals surface area contributed by atoms with Crippen LogP contribution in [0.1, 0.15) is 52.6 Å². The Bertz CT molecular complexity index is 679. The van der Waals surface area contributed by atoms with Crippen molar-refractivity contribution in [3.05, 3.63) is 69.7 Å². The van der Waals surface area contributed by atoms with Crippen LogP contribution in [0.15, 0.2) is 42.5 Å². The van der Waals surface area contributed by atoms with Crippen molar-refractivity contribution in [1.29, 1.82) is 0 Å². The van der Waals surface area contributed by atoms with E-state index in [1.54, 1.807) is 36.4 Å². The molecule has 0 fully saturated rings. The van der Waals surface area contributed by atoms with Gasteiger partial charge in [0.05, 0.1) is 0 Å². The van der Waals surface area contributed by atoms with E-state index in [-0.39, 0.29) is 11.2 Å². The lowest BCUT2D eigenvalue weighted by atomic mass is 9.84. The van der Waals surface area contributed by atoms with Crippen LogP contribution in [0.2, 0.25) is 5.02 Å². The first-order valence-electron chi connectivity index (χ1n) is 6.73. The number of benzene rings is 2. The van der Waals surface area contributed by atoms with Gasteiger partial charge in [-0.25, -0.2) is 0 Å². The van der Waals surface area contributed by atoms with Crippen LogP contribution in [0, 0.1) is 0 Å². The van der Waals surface area contributed by atoms with Crippen LogP contribution in [0.25, 0.3) is 0 Å². The van der Waals surface area contributed by atoms with Crippen molar-refractivity contribution in [1.82, 2.24) is 0 Å². The molecule has 0 saturated heterocycles. The fourth-order valence-corrected chi connectivity index (χ4v) is 2.22. The van der Waals surface area contributed by atoms with E-state index in [0.717, 1.165) is 11.8 Å². The van der Waals surface area contributed by atoms with Crippen molar-refractivity contribution in [3.8, 4) is 0 Å². The highest BCUT2D eigenvalue weighted by atomic mass is 35.5. The average molecular weight is 301 g/mol. The van der Waals surface area contributed by atoms with E-state index in [9.17, 15) is 9.59 Å². The maximum Gasteiger partial charge on any atom is 0.193 e. The summed E-state index contributed by atoms with van der Waals surface area (Å²) in [6.45, 7) is 6.20. The van der Waals surface area contributed by atoms with Gasteiger partial charge in [0.25, 0.3) is 0 Å². The number of hydrogen-bond donors (Lipinski definition) is 0. The van der Waals surface area contributed by atoms with Gasteiger partial charge >= 0.3 is 0 Å². The monoisotopic (exact) mass is 300 g/mol. The number of rotatable bonds is 3. The van der Waals surface area contributed by atoms with Crippen molar-refractivity contribution in [2.45, 2.75) is 26.2 Å². The third-order valence-electron chi connectivity index (χ3n) is 3.40. The molecular weight excluding hydrogens is 284 g/mol. The number of hydrogen-bond acceptors (Lipinski definition) is 2. The minimum Gasteiger partial charge on any atom is -0.298 e. The molecule has 3 heteroatoms. The van der Waals surface area contributed by atoms with Crippen molar-refractivity contribution in [2.24, 2.45) is 0 Å². The fourth-order valence-electron chi connectivity index (χ4n) is 2.09. The SMILES string of the molecule is CC(C)(C)c1ccc(C(=O)c2ccc(Cl)cc2)c(C=O)c1. The zero-order valence-electron chi connectivity index (χ0n) is 12.3. The normalized spacial score (nSPS) is 11.2. The van der Waals surface area contributed by atoms with Crippen molar-refractivity contribution in [3.63, 3.8) is 0 Å². The summed E-state index contributed by atoms with van der Waals surface area (Å²) < 4.78 is 0. The first-order chi connectivity index (χ1) is 9.82. The van der Waals surface area contributed by atoms with Crippen LogP contribution in [0.4, 0.5) is 0 Å². The fraction of sp³-hybridized carbons (Fsp3) is 0.222. The number of carbonyl (C=O) groups is 2. The minimum atomic E-state index is -0.172. The summed E-state index contributed by atoms with van der Waals surface area (Å²) in [7, 11) is 0. The standard InChI is InChI=1S/C18H17ClO2/c1-18(2,3)14-6-9-16(13(10-14)11-20)17(21)12-4-7-15(19)8-5-12/h4-11H,1-3H3. The second-order valence-electron chi connectivity index (χ2n) is 6.01. The van der Waals surface area contributed by atoms with Crippen LogP contribution < -0.4 is 0 Å². The Labute approximate surface area is 129 Å². The van der Waals surface area contributed by atoms with Gasteiger partial charge in [-0.3, -0.25) is 9.59 Å². The molecular formula is C18H17ClO2. The summed E-state index contributed by atoms with van der Waals surface area (Å²) in [5.74, 6) is -0.172. The Hall–Kier alpha value is -1.93. The number of aldehydes is 1. The Balaban J connectivity index is 2.46. The number of ketones is 1. The molecule has 0 aliphatic carbocycles. The molecule has 2 aromatic carbocycles. The van der Waals surface area contributed by atoms with Gasteiger partial charge in [0, 0.05) is 21.7 Å². The summed E-state index contributed by atoms with van der Waals surface area (Å²) in [6.07, 6.45) is 0.735. The maximum absolute atomic E-state index is 12.5. The molecule has 2 nitrogen and oxygen atoms in total. The van der Waals surface area contributed by atoms with E-state index in [2.05, 4.69) is 20.8 Å². The number of carbonyl (C=O) groups excluding carboxylic acids is 2. The topological polar surface area (TPSA) is 34.1 Å². The molecule has 0 N–H and O–H groups in total. The van der Waals surface area contributed by atoms with Gasteiger partial charge in [0.15, 0.2) is 12.1 Å². The Morgan fingerprint density at radius 2 is 1.67 bits per heavy atom. The Morgan fingerprint density at radius 1 is 1.05 bits per heavy atom. The highest BCUT2D eigenvalue weighted by Crippen LogP contribution is 2.25. The zero-order chi connectivity index (χ0) is 15.6. The van der Waals surface area contributed by atoms with Crippen LogP contribution in [-0.2, 0) is 5.41 Å². The van der Waals surface area contributed by atoms with Crippen molar-refractivity contribution >= 4 is 23.7 Å². The predicted octanol–water partition coefficient (Wildman–Crippen LogP) is 4.68. The van der Waals surface area contributed by atoms with Gasteiger partial charge in [0.2, 0.25) is 0 Å². The quantitative estimate of drug-likeness (QED) is 0.609. The molecule has 0 spiro atoms. The summed E-state index contributed by atoms with van der Waals surface area (Å²) in [5.41, 5.74) is 2.31. The van der Waals surface area contributed by atoms with Crippen LogP contribution >= 0.6 is 11.6 Å². The number of halogens is 1. The molecule has 0 aliphatic heterocycles. The molecule has 0 amide bonds. The second-order valence-corrected chi connectivity index (χ2v) is 6.44. The van der Waals surface area contributed by atoms with Crippen LogP contribution in [0.5, 0.6) is 0 Å². The lowest BCUT2D eigenvalue weighted by Gasteiger charge is -2.20. The smallest absolute Gasteiger partial charge is 0.193 e. The largest absolute Gasteiger partial charge is 0.298 e. The van der Waals surface area contributed by atoms with Gasteiger partial charge < -0.3 is 0 Å². The molecule has 108 valence electrons. The lowest BCUT2D eigenvalue weighted by molar-refractivity contribution is 0.102. The van der Waals surface area contributed by atoms with Crippen LogP contribution in [-0.4, -0.2) is 12.1 Å². The van der Waals surface area contributed by atoms with Gasteiger partial charge in [-0.05, 0) is 41.3 Å². The molecule has 0 aromatic heterocycles.